The molecule has 1 aliphatic heterocycles. The number of rotatable bonds is 9. The van der Waals surface area contributed by atoms with Crippen molar-refractivity contribution in [3.8, 4) is 28.3 Å². The maximum absolute atomic E-state index is 13.9. The summed E-state index contributed by atoms with van der Waals surface area (Å²) in [5, 5.41) is 9.88. The van der Waals surface area contributed by atoms with E-state index in [1.54, 1.807) is 31.4 Å². The lowest BCUT2D eigenvalue weighted by molar-refractivity contribution is -0.119. The van der Waals surface area contributed by atoms with Crippen LogP contribution in [0, 0.1) is 0 Å². The SMILES string of the molecule is COc1nc(-c2cccc(-c3cccc(Nc4nc(C(F)F)nc5c4c(=O)n(C)c(=O)n5C)c3Cl)c2Cl)cc2c1[C@@H](NC[C@H]1CCC(=O)N1)CC2. The smallest absolute Gasteiger partial charge is 0.332 e. The number of nitrogens with one attached hydrogen (secondary N) is 3. The van der Waals surface area contributed by atoms with Gasteiger partial charge in [-0.3, -0.25) is 18.7 Å². The van der Waals surface area contributed by atoms with E-state index in [0.717, 1.165) is 39.5 Å². The van der Waals surface area contributed by atoms with Gasteiger partial charge >= 0.3 is 5.69 Å². The van der Waals surface area contributed by atoms with Gasteiger partial charge in [-0.05, 0) is 37.0 Å². The maximum atomic E-state index is 13.9. The number of ether oxygens (including phenoxy) is 1. The maximum Gasteiger partial charge on any atom is 0.332 e. The molecule has 1 fully saturated rings. The first kappa shape index (κ1) is 34.5. The standard InChI is InChI=1S/C35H32Cl2F2N8O4/c1-46-32-26(34(49)47(2)35(46)50)30(44-31(45-32)29(38)39)42-22-9-5-7-19(28(22)37)18-6-4-8-20(27(18)36)23-14-16-10-12-21(25(16)33(43-23)51-3)40-15-17-11-13-24(48)41-17/h4-9,14,17,21,29,40H,10-13,15H2,1-3H3,(H,41,48)(H,42,44,45)/t17-,21+/m1/s1. The van der Waals surface area contributed by atoms with Crippen LogP contribution in [0.15, 0.2) is 52.1 Å². The first-order valence-electron chi connectivity index (χ1n) is 16.2. The van der Waals surface area contributed by atoms with E-state index >= 15 is 0 Å². The number of carbonyl (C=O) groups is 1. The summed E-state index contributed by atoms with van der Waals surface area (Å²) < 4.78 is 35.4. The molecule has 264 valence electrons. The highest BCUT2D eigenvalue weighted by Gasteiger charge is 2.30. The van der Waals surface area contributed by atoms with Crippen LogP contribution >= 0.6 is 23.2 Å². The van der Waals surface area contributed by atoms with Gasteiger partial charge in [-0.15, -0.1) is 0 Å². The van der Waals surface area contributed by atoms with Crippen molar-refractivity contribution in [1.82, 2.24) is 34.7 Å². The molecule has 2 aromatic carbocycles. The third kappa shape index (κ3) is 6.21. The molecular formula is C35H32Cl2F2N8O4. The zero-order valence-electron chi connectivity index (χ0n) is 27.7. The number of hydrogen-bond donors (Lipinski definition) is 3. The number of amides is 1. The van der Waals surface area contributed by atoms with Gasteiger partial charge in [0.1, 0.15) is 11.2 Å². The zero-order chi connectivity index (χ0) is 36.1. The Kier molecular flexibility index (Phi) is 9.25. The van der Waals surface area contributed by atoms with Crippen molar-refractivity contribution in [2.45, 2.75) is 44.2 Å². The summed E-state index contributed by atoms with van der Waals surface area (Å²) in [6, 6.07) is 12.7. The van der Waals surface area contributed by atoms with Crippen molar-refractivity contribution >= 4 is 51.6 Å². The molecular weight excluding hydrogens is 705 g/mol. The van der Waals surface area contributed by atoms with E-state index in [0.29, 0.717) is 46.3 Å². The van der Waals surface area contributed by atoms with Gasteiger partial charge < -0.3 is 20.7 Å². The van der Waals surface area contributed by atoms with E-state index in [9.17, 15) is 23.2 Å². The van der Waals surface area contributed by atoms with Crippen molar-refractivity contribution in [2.75, 3.05) is 19.0 Å². The van der Waals surface area contributed by atoms with Crippen molar-refractivity contribution in [2.24, 2.45) is 14.1 Å². The van der Waals surface area contributed by atoms with E-state index in [1.807, 2.05) is 18.2 Å². The summed E-state index contributed by atoms with van der Waals surface area (Å²) in [7, 11) is 4.19. The molecule has 3 N–H and O–H groups in total. The molecule has 1 saturated heterocycles. The van der Waals surface area contributed by atoms with Crippen molar-refractivity contribution < 1.29 is 18.3 Å². The fourth-order valence-electron chi connectivity index (χ4n) is 6.78. The second-order valence-corrected chi connectivity index (χ2v) is 13.2. The van der Waals surface area contributed by atoms with E-state index in [-0.39, 0.29) is 45.6 Å². The molecule has 4 heterocycles. The lowest BCUT2D eigenvalue weighted by Crippen LogP contribution is -2.38. The largest absolute Gasteiger partial charge is 0.481 e. The Morgan fingerprint density at radius 3 is 2.39 bits per heavy atom. The summed E-state index contributed by atoms with van der Waals surface area (Å²) in [6.07, 6.45) is -0.0819. The van der Waals surface area contributed by atoms with E-state index < -0.39 is 23.5 Å². The van der Waals surface area contributed by atoms with Crippen LogP contribution in [0.1, 0.15) is 48.7 Å². The average molecular weight is 738 g/mol. The topological polar surface area (TPSA) is 145 Å². The number of aromatic nitrogens is 5. The number of nitrogens with zero attached hydrogens (tertiary/aromatic N) is 5. The lowest BCUT2D eigenvalue weighted by atomic mass is 9.99. The molecule has 0 unspecified atom stereocenters. The number of carbonyl (C=O) groups excluding carboxylic acids is 1. The van der Waals surface area contributed by atoms with Crippen LogP contribution in [0.3, 0.4) is 0 Å². The normalized spacial score (nSPS) is 16.9. The van der Waals surface area contributed by atoms with Crippen LogP contribution in [0.4, 0.5) is 20.3 Å². The number of fused-ring (bicyclic) bond motifs is 2. The zero-order valence-corrected chi connectivity index (χ0v) is 29.2. The average Bonchev–Trinajstić information content (AvgIpc) is 3.74. The summed E-state index contributed by atoms with van der Waals surface area (Å²) in [5.41, 5.74) is 2.92. The summed E-state index contributed by atoms with van der Waals surface area (Å²) in [4.78, 5) is 50.0. The van der Waals surface area contributed by atoms with Crippen molar-refractivity contribution in [1.29, 1.82) is 0 Å². The third-order valence-corrected chi connectivity index (χ3v) is 10.2. The number of benzene rings is 2. The number of halogens is 4. The Morgan fingerprint density at radius 1 is 0.961 bits per heavy atom. The Hall–Kier alpha value is -4.92. The molecule has 0 radical (unpaired) electrons. The van der Waals surface area contributed by atoms with E-state index in [1.165, 1.54) is 14.1 Å². The Labute approximate surface area is 299 Å². The quantitative estimate of drug-likeness (QED) is 0.176. The molecule has 2 aliphatic rings. The van der Waals surface area contributed by atoms with Crippen LogP contribution in [0.25, 0.3) is 33.4 Å². The van der Waals surface area contributed by atoms with Crippen LogP contribution in [0.5, 0.6) is 5.88 Å². The van der Waals surface area contributed by atoms with Gasteiger partial charge in [0.05, 0.1) is 28.5 Å². The molecule has 0 bridgehead atoms. The molecule has 51 heavy (non-hydrogen) atoms. The fraction of sp³-hybridized carbons (Fsp3) is 0.314. The highest BCUT2D eigenvalue weighted by atomic mass is 35.5. The Balaban J connectivity index is 1.24. The predicted octanol–water partition coefficient (Wildman–Crippen LogP) is 5.61. The Morgan fingerprint density at radius 2 is 1.69 bits per heavy atom. The summed E-state index contributed by atoms with van der Waals surface area (Å²) in [6.45, 7) is 0.653. The highest BCUT2D eigenvalue weighted by Crippen LogP contribution is 2.44. The minimum atomic E-state index is -3.08. The van der Waals surface area contributed by atoms with E-state index in [2.05, 4.69) is 25.9 Å². The molecule has 1 aliphatic carbocycles. The second-order valence-electron chi connectivity index (χ2n) is 12.5. The number of aryl methyl sites for hydroxylation is 2. The van der Waals surface area contributed by atoms with Gasteiger partial charge in [0, 0.05) is 61.4 Å². The van der Waals surface area contributed by atoms with Crippen LogP contribution in [0.2, 0.25) is 10.0 Å². The molecule has 0 spiro atoms. The molecule has 5 aromatic rings. The minimum absolute atomic E-state index is 0.0266. The number of methoxy groups -OCH3 is 1. The van der Waals surface area contributed by atoms with Gasteiger partial charge in [0.25, 0.3) is 12.0 Å². The number of anilines is 2. The number of hydrogen-bond acceptors (Lipinski definition) is 9. The van der Waals surface area contributed by atoms with Gasteiger partial charge in [-0.25, -0.2) is 28.5 Å². The van der Waals surface area contributed by atoms with Crippen LogP contribution in [-0.2, 0) is 25.3 Å². The molecule has 1 amide bonds. The second kappa shape index (κ2) is 13.7. The van der Waals surface area contributed by atoms with E-state index in [4.69, 9.17) is 32.9 Å². The predicted molar refractivity (Wildman–Crippen MR) is 190 cm³/mol. The van der Waals surface area contributed by atoms with Crippen LogP contribution < -0.4 is 31.9 Å². The van der Waals surface area contributed by atoms with Crippen LogP contribution in [-0.4, -0.2) is 49.7 Å². The first-order chi connectivity index (χ1) is 24.5. The molecule has 2 atom stereocenters. The van der Waals surface area contributed by atoms with Gasteiger partial charge in [0.15, 0.2) is 11.5 Å². The summed E-state index contributed by atoms with van der Waals surface area (Å²) >= 11 is 14.0. The Bertz CT molecular complexity index is 2350. The van der Waals surface area contributed by atoms with Gasteiger partial charge in [0.2, 0.25) is 11.8 Å². The molecule has 16 heteroatoms. The lowest BCUT2D eigenvalue weighted by Gasteiger charge is -2.20. The minimum Gasteiger partial charge on any atom is -0.481 e. The van der Waals surface area contributed by atoms with Crippen molar-refractivity contribution in [3.63, 3.8) is 0 Å². The highest BCUT2D eigenvalue weighted by molar-refractivity contribution is 6.39. The van der Waals surface area contributed by atoms with Gasteiger partial charge in [-0.2, -0.15) is 0 Å². The number of alkyl halides is 2. The molecule has 7 rings (SSSR count). The molecule has 0 saturated carbocycles. The fourth-order valence-corrected chi connectivity index (χ4v) is 7.38. The van der Waals surface area contributed by atoms with Crippen molar-refractivity contribution in [3.05, 3.63) is 90.3 Å². The van der Waals surface area contributed by atoms with Gasteiger partial charge in [-0.1, -0.05) is 53.5 Å². The number of pyridine rings is 1. The first-order valence-corrected chi connectivity index (χ1v) is 16.9. The molecule has 12 nitrogen and oxygen atoms in total. The monoisotopic (exact) mass is 736 g/mol. The summed E-state index contributed by atoms with van der Waals surface area (Å²) in [5.74, 6) is -0.536. The molecule has 3 aromatic heterocycles. The third-order valence-electron chi connectivity index (χ3n) is 9.38.